The molecule has 2 rings (SSSR count). The van der Waals surface area contributed by atoms with Gasteiger partial charge in [-0.15, -0.1) is 0 Å². The van der Waals surface area contributed by atoms with Crippen LogP contribution in [0, 0.1) is 5.92 Å². The lowest BCUT2D eigenvalue weighted by atomic mass is 9.90. The van der Waals surface area contributed by atoms with Gasteiger partial charge in [0.05, 0.1) is 23.5 Å². The molecular formula is C16H21NO6S. The molecule has 8 heteroatoms. The zero-order chi connectivity index (χ0) is 18.1. The van der Waals surface area contributed by atoms with Gasteiger partial charge in [-0.25, -0.2) is 8.42 Å². The minimum absolute atomic E-state index is 0.0195. The minimum atomic E-state index is -3.47. The summed E-state index contributed by atoms with van der Waals surface area (Å²) in [4.78, 5) is 25.7. The van der Waals surface area contributed by atoms with Gasteiger partial charge in [0.1, 0.15) is 5.75 Å². The fourth-order valence-electron chi connectivity index (χ4n) is 3.00. The molecule has 1 aromatic rings. The highest BCUT2D eigenvalue weighted by atomic mass is 32.2. The molecule has 1 amide bonds. The van der Waals surface area contributed by atoms with Crippen LogP contribution < -0.4 is 4.74 Å². The SMILES string of the molecule is COc1ccc(S(C)(=O)=O)cc1C(=O)N1CCC[C@H](C(=O)O)[C@@H]1C. The fraction of sp³-hybridized carbons (Fsp3) is 0.500. The second-order valence-electron chi connectivity index (χ2n) is 5.96. The number of piperidine rings is 1. The largest absolute Gasteiger partial charge is 0.496 e. The van der Waals surface area contributed by atoms with Crippen LogP contribution in [0.5, 0.6) is 5.75 Å². The lowest BCUT2D eigenvalue weighted by Crippen LogP contribution is -2.49. The number of likely N-dealkylation sites (tertiary alicyclic amines) is 1. The average Bonchev–Trinajstić information content (AvgIpc) is 2.52. The molecule has 0 aliphatic carbocycles. The number of sulfone groups is 1. The second kappa shape index (κ2) is 6.80. The summed E-state index contributed by atoms with van der Waals surface area (Å²) in [5.74, 6) is -1.73. The normalized spacial score (nSPS) is 21.4. The Bertz CT molecular complexity index is 758. The van der Waals surface area contributed by atoms with Crippen LogP contribution in [0.2, 0.25) is 0 Å². The Morgan fingerprint density at radius 1 is 1.33 bits per heavy atom. The molecular weight excluding hydrogens is 334 g/mol. The van der Waals surface area contributed by atoms with Crippen molar-refractivity contribution in [3.8, 4) is 5.75 Å². The number of aliphatic carboxylic acids is 1. The van der Waals surface area contributed by atoms with Crippen LogP contribution >= 0.6 is 0 Å². The van der Waals surface area contributed by atoms with E-state index in [0.29, 0.717) is 19.4 Å². The fourth-order valence-corrected chi connectivity index (χ4v) is 3.65. The molecule has 1 N–H and O–H groups in total. The van der Waals surface area contributed by atoms with Crippen molar-refractivity contribution in [1.29, 1.82) is 0 Å². The van der Waals surface area contributed by atoms with Gasteiger partial charge in [0.15, 0.2) is 9.84 Å². The highest BCUT2D eigenvalue weighted by Crippen LogP contribution is 2.29. The third kappa shape index (κ3) is 3.53. The molecule has 24 heavy (non-hydrogen) atoms. The monoisotopic (exact) mass is 355 g/mol. The van der Waals surface area contributed by atoms with Gasteiger partial charge in [0.2, 0.25) is 0 Å². The number of benzene rings is 1. The number of ether oxygens (including phenoxy) is 1. The van der Waals surface area contributed by atoms with Crippen LogP contribution in [0.3, 0.4) is 0 Å². The first-order valence-electron chi connectivity index (χ1n) is 7.58. The number of nitrogens with zero attached hydrogens (tertiary/aromatic N) is 1. The van der Waals surface area contributed by atoms with E-state index >= 15 is 0 Å². The van der Waals surface area contributed by atoms with E-state index < -0.39 is 33.7 Å². The van der Waals surface area contributed by atoms with Gasteiger partial charge in [-0.1, -0.05) is 0 Å². The molecule has 1 saturated heterocycles. The van der Waals surface area contributed by atoms with Gasteiger partial charge in [-0.2, -0.15) is 0 Å². The maximum atomic E-state index is 12.9. The second-order valence-corrected chi connectivity index (χ2v) is 7.98. The molecule has 7 nitrogen and oxygen atoms in total. The van der Waals surface area contributed by atoms with Gasteiger partial charge in [0.25, 0.3) is 5.91 Å². The Morgan fingerprint density at radius 3 is 2.54 bits per heavy atom. The summed E-state index contributed by atoms with van der Waals surface area (Å²) in [6.45, 7) is 2.12. The Balaban J connectivity index is 2.43. The first-order chi connectivity index (χ1) is 11.2. The van der Waals surface area contributed by atoms with Gasteiger partial charge in [-0.05, 0) is 38.0 Å². The number of amides is 1. The van der Waals surface area contributed by atoms with E-state index in [4.69, 9.17) is 4.74 Å². The molecule has 0 radical (unpaired) electrons. The van der Waals surface area contributed by atoms with E-state index in [1.165, 1.54) is 30.2 Å². The van der Waals surface area contributed by atoms with E-state index in [9.17, 15) is 23.1 Å². The number of carbonyl (C=O) groups is 2. The number of rotatable bonds is 4. The van der Waals surface area contributed by atoms with E-state index in [0.717, 1.165) is 6.26 Å². The van der Waals surface area contributed by atoms with Crippen molar-refractivity contribution >= 4 is 21.7 Å². The van der Waals surface area contributed by atoms with E-state index in [2.05, 4.69) is 0 Å². The smallest absolute Gasteiger partial charge is 0.308 e. The van der Waals surface area contributed by atoms with Gasteiger partial charge < -0.3 is 14.7 Å². The Labute approximate surface area is 141 Å². The summed E-state index contributed by atoms with van der Waals surface area (Å²) in [6.07, 6.45) is 2.16. The maximum absolute atomic E-state index is 12.9. The molecule has 2 atom stereocenters. The zero-order valence-electron chi connectivity index (χ0n) is 13.9. The summed E-state index contributed by atoms with van der Waals surface area (Å²) in [5.41, 5.74) is 0.123. The number of hydrogen-bond acceptors (Lipinski definition) is 5. The minimum Gasteiger partial charge on any atom is -0.496 e. The molecule has 1 aliphatic rings. The van der Waals surface area contributed by atoms with Crippen molar-refractivity contribution in [2.45, 2.75) is 30.7 Å². The molecule has 0 saturated carbocycles. The maximum Gasteiger partial charge on any atom is 0.308 e. The molecule has 1 aliphatic heterocycles. The van der Waals surface area contributed by atoms with Crippen LogP contribution in [0.1, 0.15) is 30.1 Å². The quantitative estimate of drug-likeness (QED) is 0.877. The Morgan fingerprint density at radius 2 is 2.00 bits per heavy atom. The van der Waals surface area contributed by atoms with Crippen molar-refractivity contribution < 1.29 is 27.9 Å². The van der Waals surface area contributed by atoms with Crippen molar-refractivity contribution in [2.75, 3.05) is 19.9 Å². The molecule has 0 bridgehead atoms. The first kappa shape index (κ1) is 18.3. The van der Waals surface area contributed by atoms with E-state index in [1.807, 2.05) is 0 Å². The predicted octanol–water partition coefficient (Wildman–Crippen LogP) is 1.42. The van der Waals surface area contributed by atoms with Crippen molar-refractivity contribution in [1.82, 2.24) is 4.90 Å². The van der Waals surface area contributed by atoms with Crippen LogP contribution in [0.4, 0.5) is 0 Å². The lowest BCUT2D eigenvalue weighted by molar-refractivity contribution is -0.144. The predicted molar refractivity (Wildman–Crippen MR) is 87.0 cm³/mol. The van der Waals surface area contributed by atoms with Gasteiger partial charge in [-0.3, -0.25) is 9.59 Å². The van der Waals surface area contributed by atoms with Crippen LogP contribution in [-0.2, 0) is 14.6 Å². The Kier molecular flexibility index (Phi) is 5.17. The molecule has 0 spiro atoms. The molecule has 1 fully saturated rings. The standard InChI is InChI=1S/C16H21NO6S/c1-10-12(16(19)20)5-4-8-17(10)15(18)13-9-11(24(3,21)22)6-7-14(13)23-2/h6-7,9-10,12H,4-5,8H2,1-3H3,(H,19,20)/t10-,12-/m0/s1. The van der Waals surface area contributed by atoms with E-state index in [1.54, 1.807) is 6.92 Å². The lowest BCUT2D eigenvalue weighted by Gasteiger charge is -2.37. The highest BCUT2D eigenvalue weighted by Gasteiger charge is 2.36. The average molecular weight is 355 g/mol. The third-order valence-electron chi connectivity index (χ3n) is 4.40. The van der Waals surface area contributed by atoms with Crippen LogP contribution in [-0.4, -0.2) is 56.3 Å². The van der Waals surface area contributed by atoms with Crippen LogP contribution in [0.15, 0.2) is 23.1 Å². The van der Waals surface area contributed by atoms with Gasteiger partial charge in [0, 0.05) is 18.8 Å². The summed E-state index contributed by atoms with van der Waals surface area (Å²) >= 11 is 0. The molecule has 0 unspecified atom stereocenters. The number of hydrogen-bond donors (Lipinski definition) is 1. The summed E-state index contributed by atoms with van der Waals surface area (Å²) in [7, 11) is -2.08. The molecule has 1 aromatic carbocycles. The topological polar surface area (TPSA) is 101 Å². The summed E-state index contributed by atoms with van der Waals surface area (Å²) in [6, 6.07) is 3.63. The van der Waals surface area contributed by atoms with Gasteiger partial charge >= 0.3 is 5.97 Å². The molecule has 0 aromatic heterocycles. The number of carboxylic acids is 1. The van der Waals surface area contributed by atoms with Crippen molar-refractivity contribution in [2.24, 2.45) is 5.92 Å². The van der Waals surface area contributed by atoms with Crippen LogP contribution in [0.25, 0.3) is 0 Å². The number of methoxy groups -OCH3 is 1. The van der Waals surface area contributed by atoms with Crippen molar-refractivity contribution in [3.63, 3.8) is 0 Å². The summed E-state index contributed by atoms with van der Waals surface area (Å²) in [5, 5.41) is 9.29. The summed E-state index contributed by atoms with van der Waals surface area (Å²) < 4.78 is 28.7. The number of carboxylic acid groups (broad SMARTS) is 1. The molecule has 1 heterocycles. The number of carbonyl (C=O) groups excluding carboxylic acids is 1. The first-order valence-corrected chi connectivity index (χ1v) is 9.48. The highest BCUT2D eigenvalue weighted by molar-refractivity contribution is 7.90. The van der Waals surface area contributed by atoms with Crippen molar-refractivity contribution in [3.05, 3.63) is 23.8 Å². The molecule has 132 valence electrons. The van der Waals surface area contributed by atoms with E-state index in [-0.39, 0.29) is 16.2 Å². The third-order valence-corrected chi connectivity index (χ3v) is 5.51. The zero-order valence-corrected chi connectivity index (χ0v) is 14.7. The Hall–Kier alpha value is -2.09.